The van der Waals surface area contributed by atoms with E-state index < -0.39 is 0 Å². The van der Waals surface area contributed by atoms with E-state index in [1.807, 2.05) is 30.6 Å². The van der Waals surface area contributed by atoms with E-state index in [1.54, 1.807) is 22.7 Å². The predicted molar refractivity (Wildman–Crippen MR) is 77.0 cm³/mol. The first-order valence-electron chi connectivity index (χ1n) is 6.01. The Bertz CT molecular complexity index is 467. The Kier molecular flexibility index (Phi) is 4.88. The standard InChI is InChI=1S/C13H18N2OS2/c1-9(6-12(16)13-4-3-5-17-13)14-7-11-8-15-10(2)18-11/h3-5,8-9,12,14,16H,6-7H2,1-2H3. The molecule has 98 valence electrons. The summed E-state index contributed by atoms with van der Waals surface area (Å²) in [5.74, 6) is 0. The van der Waals surface area contributed by atoms with Crippen molar-refractivity contribution in [1.82, 2.24) is 10.3 Å². The molecule has 0 saturated carbocycles. The number of hydrogen-bond acceptors (Lipinski definition) is 5. The second kappa shape index (κ2) is 6.43. The van der Waals surface area contributed by atoms with Crippen molar-refractivity contribution >= 4 is 22.7 Å². The summed E-state index contributed by atoms with van der Waals surface area (Å²) in [5.41, 5.74) is 0. The quantitative estimate of drug-likeness (QED) is 0.855. The maximum absolute atomic E-state index is 10.0. The van der Waals surface area contributed by atoms with Crippen LogP contribution in [-0.4, -0.2) is 16.1 Å². The minimum absolute atomic E-state index is 0.282. The number of nitrogens with one attached hydrogen (secondary N) is 1. The molecule has 2 aromatic heterocycles. The molecule has 0 aliphatic heterocycles. The Hall–Kier alpha value is -0.750. The molecule has 0 aromatic carbocycles. The minimum Gasteiger partial charge on any atom is -0.388 e. The van der Waals surface area contributed by atoms with E-state index >= 15 is 0 Å². The lowest BCUT2D eigenvalue weighted by Crippen LogP contribution is -2.26. The van der Waals surface area contributed by atoms with Crippen LogP contribution in [0.2, 0.25) is 0 Å². The van der Waals surface area contributed by atoms with Gasteiger partial charge in [0.2, 0.25) is 0 Å². The summed E-state index contributed by atoms with van der Waals surface area (Å²) in [7, 11) is 0. The highest BCUT2D eigenvalue weighted by atomic mass is 32.1. The molecule has 0 spiro atoms. The summed E-state index contributed by atoms with van der Waals surface area (Å²) in [6.45, 7) is 4.94. The Morgan fingerprint density at radius 2 is 2.33 bits per heavy atom. The fourth-order valence-corrected chi connectivity index (χ4v) is 3.25. The first kappa shape index (κ1) is 13.7. The maximum atomic E-state index is 10.0. The van der Waals surface area contributed by atoms with Crippen molar-refractivity contribution in [3.05, 3.63) is 38.5 Å². The van der Waals surface area contributed by atoms with Crippen LogP contribution < -0.4 is 5.32 Å². The van der Waals surface area contributed by atoms with Crippen molar-refractivity contribution in [3.8, 4) is 0 Å². The molecule has 2 rings (SSSR count). The van der Waals surface area contributed by atoms with Gasteiger partial charge in [-0.3, -0.25) is 0 Å². The summed E-state index contributed by atoms with van der Waals surface area (Å²) >= 11 is 3.32. The van der Waals surface area contributed by atoms with E-state index in [0.29, 0.717) is 0 Å². The summed E-state index contributed by atoms with van der Waals surface area (Å²) < 4.78 is 0. The molecule has 3 nitrogen and oxygen atoms in total. The van der Waals surface area contributed by atoms with E-state index in [0.717, 1.165) is 22.9 Å². The summed E-state index contributed by atoms with van der Waals surface area (Å²) in [5, 5.41) is 16.6. The second-order valence-electron chi connectivity index (χ2n) is 4.39. The molecule has 0 amide bonds. The topological polar surface area (TPSA) is 45.2 Å². The van der Waals surface area contributed by atoms with Crippen molar-refractivity contribution < 1.29 is 5.11 Å². The summed E-state index contributed by atoms with van der Waals surface area (Å²) in [4.78, 5) is 6.51. The Morgan fingerprint density at radius 3 is 2.94 bits per heavy atom. The van der Waals surface area contributed by atoms with Gasteiger partial charge >= 0.3 is 0 Å². The van der Waals surface area contributed by atoms with Crippen molar-refractivity contribution in [2.45, 2.75) is 39.0 Å². The average Bonchev–Trinajstić information content (AvgIpc) is 2.97. The highest BCUT2D eigenvalue weighted by Crippen LogP contribution is 2.23. The number of rotatable bonds is 6. The number of thiophene rings is 1. The van der Waals surface area contributed by atoms with Crippen molar-refractivity contribution in [3.63, 3.8) is 0 Å². The van der Waals surface area contributed by atoms with Crippen LogP contribution in [-0.2, 0) is 6.54 Å². The van der Waals surface area contributed by atoms with Gasteiger partial charge in [0, 0.05) is 28.5 Å². The normalized spacial score (nSPS) is 14.6. The highest BCUT2D eigenvalue weighted by molar-refractivity contribution is 7.11. The van der Waals surface area contributed by atoms with Crippen LogP contribution in [0.1, 0.15) is 34.2 Å². The largest absolute Gasteiger partial charge is 0.388 e. The third kappa shape index (κ3) is 3.88. The zero-order valence-electron chi connectivity index (χ0n) is 10.6. The van der Waals surface area contributed by atoms with Crippen molar-refractivity contribution in [2.75, 3.05) is 0 Å². The van der Waals surface area contributed by atoms with Gasteiger partial charge in [0.1, 0.15) is 0 Å². The van der Waals surface area contributed by atoms with Gasteiger partial charge < -0.3 is 10.4 Å². The molecular weight excluding hydrogens is 264 g/mol. The van der Waals surface area contributed by atoms with Crippen LogP contribution in [0.3, 0.4) is 0 Å². The minimum atomic E-state index is -0.365. The number of aliphatic hydroxyl groups is 1. The first-order chi connectivity index (χ1) is 8.65. The molecule has 2 atom stereocenters. The van der Waals surface area contributed by atoms with Crippen LogP contribution in [0.25, 0.3) is 0 Å². The molecule has 2 unspecified atom stereocenters. The predicted octanol–water partition coefficient (Wildman–Crippen LogP) is 3.11. The zero-order valence-corrected chi connectivity index (χ0v) is 12.2. The average molecular weight is 282 g/mol. The first-order valence-corrected chi connectivity index (χ1v) is 7.71. The third-order valence-electron chi connectivity index (χ3n) is 2.74. The Labute approximate surface area is 116 Å². The highest BCUT2D eigenvalue weighted by Gasteiger charge is 2.13. The molecule has 2 aromatic rings. The van der Waals surface area contributed by atoms with E-state index in [4.69, 9.17) is 0 Å². The van der Waals surface area contributed by atoms with Crippen LogP contribution in [0, 0.1) is 6.92 Å². The molecule has 2 heterocycles. The Morgan fingerprint density at radius 1 is 1.50 bits per heavy atom. The monoisotopic (exact) mass is 282 g/mol. The lowest BCUT2D eigenvalue weighted by Gasteiger charge is -2.16. The van der Waals surface area contributed by atoms with E-state index in [1.165, 1.54) is 4.88 Å². The molecule has 0 bridgehead atoms. The number of thiazole rings is 1. The molecule has 5 heteroatoms. The van der Waals surface area contributed by atoms with Crippen LogP contribution >= 0.6 is 22.7 Å². The van der Waals surface area contributed by atoms with Gasteiger partial charge in [0.15, 0.2) is 0 Å². The third-order valence-corrected chi connectivity index (χ3v) is 4.63. The van der Waals surface area contributed by atoms with E-state index in [-0.39, 0.29) is 12.1 Å². The zero-order chi connectivity index (χ0) is 13.0. The fourth-order valence-electron chi connectivity index (χ4n) is 1.78. The van der Waals surface area contributed by atoms with Gasteiger partial charge in [-0.05, 0) is 31.7 Å². The van der Waals surface area contributed by atoms with Gasteiger partial charge in [-0.25, -0.2) is 4.98 Å². The van der Waals surface area contributed by atoms with E-state index in [9.17, 15) is 5.11 Å². The van der Waals surface area contributed by atoms with Gasteiger partial charge in [-0.15, -0.1) is 22.7 Å². The fraction of sp³-hybridized carbons (Fsp3) is 0.462. The van der Waals surface area contributed by atoms with Gasteiger partial charge in [-0.2, -0.15) is 0 Å². The smallest absolute Gasteiger partial charge is 0.0897 e. The molecule has 0 aliphatic rings. The molecule has 2 N–H and O–H groups in total. The lowest BCUT2D eigenvalue weighted by molar-refractivity contribution is 0.157. The van der Waals surface area contributed by atoms with Crippen LogP contribution in [0.15, 0.2) is 23.7 Å². The molecular formula is C13H18N2OS2. The van der Waals surface area contributed by atoms with Crippen molar-refractivity contribution in [2.24, 2.45) is 0 Å². The summed E-state index contributed by atoms with van der Waals surface area (Å²) in [6, 6.07) is 4.24. The SMILES string of the molecule is Cc1ncc(CNC(C)CC(O)c2cccs2)s1. The number of aliphatic hydroxyl groups excluding tert-OH is 1. The maximum Gasteiger partial charge on any atom is 0.0897 e. The lowest BCUT2D eigenvalue weighted by atomic mass is 10.1. The van der Waals surface area contributed by atoms with Crippen molar-refractivity contribution in [1.29, 1.82) is 0 Å². The number of aryl methyl sites for hydroxylation is 1. The molecule has 0 saturated heterocycles. The number of aromatic nitrogens is 1. The van der Waals surface area contributed by atoms with Gasteiger partial charge in [0.05, 0.1) is 11.1 Å². The molecule has 0 fully saturated rings. The molecule has 0 aliphatic carbocycles. The molecule has 18 heavy (non-hydrogen) atoms. The Balaban J connectivity index is 1.76. The van der Waals surface area contributed by atoms with Crippen LogP contribution in [0.4, 0.5) is 0 Å². The van der Waals surface area contributed by atoms with Gasteiger partial charge in [0.25, 0.3) is 0 Å². The second-order valence-corrected chi connectivity index (χ2v) is 6.69. The number of hydrogen-bond donors (Lipinski definition) is 2. The van der Waals surface area contributed by atoms with Gasteiger partial charge in [-0.1, -0.05) is 6.07 Å². The van der Waals surface area contributed by atoms with Crippen LogP contribution in [0.5, 0.6) is 0 Å². The molecule has 0 radical (unpaired) electrons. The number of nitrogens with zero attached hydrogens (tertiary/aromatic N) is 1. The van der Waals surface area contributed by atoms with E-state index in [2.05, 4.69) is 17.2 Å². The summed E-state index contributed by atoms with van der Waals surface area (Å²) in [6.07, 6.45) is 2.28.